The average Bonchev–Trinajstić information content (AvgIpc) is 3.01. The summed E-state index contributed by atoms with van der Waals surface area (Å²) in [5.41, 5.74) is 1.34. The highest BCUT2D eigenvalue weighted by molar-refractivity contribution is 7.13. The summed E-state index contributed by atoms with van der Waals surface area (Å²) in [7, 11) is 0. The Labute approximate surface area is 148 Å². The number of rotatable bonds is 5. The first kappa shape index (κ1) is 17.2. The third kappa shape index (κ3) is 4.48. The Bertz CT molecular complexity index is 894. The maximum absolute atomic E-state index is 13.6. The van der Waals surface area contributed by atoms with Gasteiger partial charge in [-0.2, -0.15) is 0 Å². The van der Waals surface area contributed by atoms with E-state index in [1.165, 1.54) is 41.8 Å². The molecule has 25 heavy (non-hydrogen) atoms. The van der Waals surface area contributed by atoms with E-state index >= 15 is 0 Å². The standard InChI is InChI=1S/C19H16F2N2OS/c1-12-22-11-18(25-12)19(24)23-17(14-5-3-7-16(21)10-14)9-13-4-2-6-15(20)8-13/h2-8,10-11,17H,9H2,1H3,(H,23,24)/t17-/m0/s1. The minimum absolute atomic E-state index is 0.281. The van der Waals surface area contributed by atoms with Crippen molar-refractivity contribution in [2.45, 2.75) is 19.4 Å². The third-order valence-electron chi connectivity index (χ3n) is 3.73. The largest absolute Gasteiger partial charge is 0.344 e. The molecule has 2 aromatic carbocycles. The Morgan fingerprint density at radius 1 is 1.16 bits per heavy atom. The Hall–Kier alpha value is -2.60. The fraction of sp³-hybridized carbons (Fsp3) is 0.158. The summed E-state index contributed by atoms with van der Waals surface area (Å²) >= 11 is 1.29. The summed E-state index contributed by atoms with van der Waals surface area (Å²) in [6.45, 7) is 1.82. The highest BCUT2D eigenvalue weighted by Crippen LogP contribution is 2.21. The number of hydrogen-bond donors (Lipinski definition) is 1. The first-order valence-corrected chi connectivity index (χ1v) is 8.56. The van der Waals surface area contributed by atoms with Gasteiger partial charge in [-0.25, -0.2) is 13.8 Å². The van der Waals surface area contributed by atoms with Crippen LogP contribution in [0.2, 0.25) is 0 Å². The second-order valence-corrected chi connectivity index (χ2v) is 6.89. The topological polar surface area (TPSA) is 42.0 Å². The van der Waals surface area contributed by atoms with Crippen molar-refractivity contribution < 1.29 is 13.6 Å². The Morgan fingerprint density at radius 3 is 2.52 bits per heavy atom. The number of amides is 1. The zero-order chi connectivity index (χ0) is 17.8. The summed E-state index contributed by atoms with van der Waals surface area (Å²) in [6, 6.07) is 11.7. The lowest BCUT2D eigenvalue weighted by molar-refractivity contribution is 0.0940. The maximum atomic E-state index is 13.6. The number of aryl methyl sites for hydroxylation is 1. The molecule has 0 saturated carbocycles. The molecule has 0 aliphatic rings. The molecule has 0 fully saturated rings. The Kier molecular flexibility index (Phi) is 5.19. The third-order valence-corrected chi connectivity index (χ3v) is 4.64. The van der Waals surface area contributed by atoms with E-state index in [2.05, 4.69) is 10.3 Å². The molecule has 1 heterocycles. The molecule has 0 spiro atoms. The van der Waals surface area contributed by atoms with Gasteiger partial charge in [-0.05, 0) is 48.7 Å². The highest BCUT2D eigenvalue weighted by Gasteiger charge is 2.18. The molecule has 0 unspecified atom stereocenters. The number of halogens is 2. The molecule has 1 atom stereocenters. The minimum atomic E-state index is -0.479. The molecular weight excluding hydrogens is 342 g/mol. The molecule has 0 radical (unpaired) electrons. The number of nitrogens with zero attached hydrogens (tertiary/aromatic N) is 1. The zero-order valence-electron chi connectivity index (χ0n) is 13.5. The predicted molar refractivity (Wildman–Crippen MR) is 93.6 cm³/mol. The molecular formula is C19H16F2N2OS. The van der Waals surface area contributed by atoms with Crippen LogP contribution in [0, 0.1) is 18.6 Å². The number of carbonyl (C=O) groups is 1. The van der Waals surface area contributed by atoms with Crippen LogP contribution in [-0.2, 0) is 6.42 Å². The number of carbonyl (C=O) groups excluding carboxylic acids is 1. The van der Waals surface area contributed by atoms with Gasteiger partial charge in [0.25, 0.3) is 5.91 Å². The molecule has 0 aliphatic carbocycles. The monoisotopic (exact) mass is 358 g/mol. The minimum Gasteiger partial charge on any atom is -0.344 e. The van der Waals surface area contributed by atoms with Gasteiger partial charge in [0.05, 0.1) is 17.2 Å². The van der Waals surface area contributed by atoms with Crippen LogP contribution in [0.15, 0.2) is 54.7 Å². The van der Waals surface area contributed by atoms with Gasteiger partial charge in [0.2, 0.25) is 0 Å². The second-order valence-electron chi connectivity index (χ2n) is 5.66. The summed E-state index contributed by atoms with van der Waals surface area (Å²) in [6.07, 6.45) is 1.87. The molecule has 3 aromatic rings. The van der Waals surface area contributed by atoms with Gasteiger partial charge in [0, 0.05) is 0 Å². The van der Waals surface area contributed by atoms with E-state index in [0.717, 1.165) is 10.6 Å². The van der Waals surface area contributed by atoms with E-state index in [-0.39, 0.29) is 17.5 Å². The van der Waals surface area contributed by atoms with Gasteiger partial charge in [0.15, 0.2) is 0 Å². The fourth-order valence-electron chi connectivity index (χ4n) is 2.57. The van der Waals surface area contributed by atoms with Gasteiger partial charge in [-0.1, -0.05) is 24.3 Å². The van der Waals surface area contributed by atoms with Crippen molar-refractivity contribution in [2.75, 3.05) is 0 Å². The van der Waals surface area contributed by atoms with Gasteiger partial charge in [0.1, 0.15) is 16.5 Å². The Morgan fingerprint density at radius 2 is 1.88 bits per heavy atom. The van der Waals surface area contributed by atoms with Gasteiger partial charge < -0.3 is 5.32 Å². The van der Waals surface area contributed by atoms with Gasteiger partial charge >= 0.3 is 0 Å². The van der Waals surface area contributed by atoms with Crippen LogP contribution in [0.1, 0.15) is 31.8 Å². The molecule has 3 rings (SSSR count). The molecule has 1 amide bonds. The van der Waals surface area contributed by atoms with Crippen molar-refractivity contribution in [1.82, 2.24) is 10.3 Å². The Balaban J connectivity index is 1.87. The fourth-order valence-corrected chi connectivity index (χ4v) is 3.25. The number of benzene rings is 2. The van der Waals surface area contributed by atoms with E-state index in [0.29, 0.717) is 16.9 Å². The lowest BCUT2D eigenvalue weighted by Gasteiger charge is -2.19. The quantitative estimate of drug-likeness (QED) is 0.732. The first-order chi connectivity index (χ1) is 12.0. The van der Waals surface area contributed by atoms with Crippen molar-refractivity contribution in [3.05, 3.63) is 87.4 Å². The molecule has 0 saturated heterocycles. The van der Waals surface area contributed by atoms with E-state index in [9.17, 15) is 13.6 Å². The number of nitrogens with one attached hydrogen (secondary N) is 1. The van der Waals surface area contributed by atoms with Crippen molar-refractivity contribution in [1.29, 1.82) is 0 Å². The smallest absolute Gasteiger partial charge is 0.263 e. The van der Waals surface area contributed by atoms with Crippen LogP contribution in [0.5, 0.6) is 0 Å². The van der Waals surface area contributed by atoms with E-state index in [4.69, 9.17) is 0 Å². The number of thiazole rings is 1. The summed E-state index contributed by atoms with van der Waals surface area (Å²) < 4.78 is 27.1. The summed E-state index contributed by atoms with van der Waals surface area (Å²) in [5, 5.41) is 3.69. The zero-order valence-corrected chi connectivity index (χ0v) is 14.3. The summed E-state index contributed by atoms with van der Waals surface area (Å²) in [4.78, 5) is 17.0. The lowest BCUT2D eigenvalue weighted by Crippen LogP contribution is -2.29. The average molecular weight is 358 g/mol. The molecule has 0 aliphatic heterocycles. The van der Waals surface area contributed by atoms with Gasteiger partial charge in [-0.3, -0.25) is 4.79 Å². The molecule has 6 heteroatoms. The van der Waals surface area contributed by atoms with Crippen molar-refractivity contribution in [3.63, 3.8) is 0 Å². The lowest BCUT2D eigenvalue weighted by atomic mass is 9.98. The van der Waals surface area contributed by atoms with Crippen LogP contribution in [-0.4, -0.2) is 10.9 Å². The SMILES string of the molecule is Cc1ncc(C(=O)N[C@@H](Cc2cccc(F)c2)c2cccc(F)c2)s1. The molecule has 1 aromatic heterocycles. The molecule has 3 nitrogen and oxygen atoms in total. The van der Waals surface area contributed by atoms with E-state index in [1.807, 2.05) is 6.92 Å². The van der Waals surface area contributed by atoms with Crippen molar-refractivity contribution >= 4 is 17.2 Å². The van der Waals surface area contributed by atoms with Gasteiger partial charge in [-0.15, -0.1) is 11.3 Å². The molecule has 1 N–H and O–H groups in total. The summed E-state index contributed by atoms with van der Waals surface area (Å²) in [5.74, 6) is -1.01. The van der Waals surface area contributed by atoms with Crippen LogP contribution in [0.3, 0.4) is 0 Å². The van der Waals surface area contributed by atoms with Crippen LogP contribution < -0.4 is 5.32 Å². The van der Waals surface area contributed by atoms with Crippen LogP contribution in [0.4, 0.5) is 8.78 Å². The number of aromatic nitrogens is 1. The molecule has 0 bridgehead atoms. The number of hydrogen-bond acceptors (Lipinski definition) is 3. The van der Waals surface area contributed by atoms with Crippen molar-refractivity contribution in [3.8, 4) is 0 Å². The predicted octanol–water partition coefficient (Wildman–Crippen LogP) is 4.44. The molecule has 128 valence electrons. The highest BCUT2D eigenvalue weighted by atomic mass is 32.1. The van der Waals surface area contributed by atoms with Crippen LogP contribution in [0.25, 0.3) is 0 Å². The second kappa shape index (κ2) is 7.53. The first-order valence-electron chi connectivity index (χ1n) is 7.74. The van der Waals surface area contributed by atoms with E-state index < -0.39 is 6.04 Å². The van der Waals surface area contributed by atoms with Crippen LogP contribution >= 0.6 is 11.3 Å². The van der Waals surface area contributed by atoms with E-state index in [1.54, 1.807) is 24.3 Å². The maximum Gasteiger partial charge on any atom is 0.263 e. The normalized spacial score (nSPS) is 12.0. The van der Waals surface area contributed by atoms with Crippen molar-refractivity contribution in [2.24, 2.45) is 0 Å².